The Bertz CT molecular complexity index is 208. The Morgan fingerprint density at radius 3 is 2.79 bits per heavy atom. The van der Waals surface area contributed by atoms with Crippen molar-refractivity contribution in [3.05, 3.63) is 0 Å². The third-order valence-electron chi connectivity index (χ3n) is 1.65. The number of aliphatic carboxylic acids is 1. The van der Waals surface area contributed by atoms with Crippen molar-refractivity contribution in [3.8, 4) is 0 Å². The summed E-state index contributed by atoms with van der Waals surface area (Å²) in [6.45, 7) is 0.489. The molecule has 0 saturated carbocycles. The van der Waals surface area contributed by atoms with Crippen LogP contribution >= 0.6 is 0 Å². The van der Waals surface area contributed by atoms with Crippen LogP contribution in [-0.2, 0) is 24.1 Å². The maximum atomic E-state index is 11.0. The number of esters is 1. The van der Waals surface area contributed by atoms with Crippen molar-refractivity contribution < 1.29 is 29.2 Å². The zero-order chi connectivity index (χ0) is 10.4. The predicted molar refractivity (Wildman–Crippen MR) is 43.0 cm³/mol. The highest BCUT2D eigenvalue weighted by atomic mass is 17.2. The van der Waals surface area contributed by atoms with E-state index in [1.807, 2.05) is 0 Å². The summed E-state index contributed by atoms with van der Waals surface area (Å²) >= 11 is 0. The highest BCUT2D eigenvalue weighted by Crippen LogP contribution is 2.12. The van der Waals surface area contributed by atoms with Crippen LogP contribution in [0.4, 0.5) is 0 Å². The molecule has 80 valence electrons. The van der Waals surface area contributed by atoms with Crippen molar-refractivity contribution in [3.63, 3.8) is 0 Å². The molecule has 0 bridgehead atoms. The number of hydrogen-bond acceptors (Lipinski definition) is 5. The second kappa shape index (κ2) is 5.56. The first kappa shape index (κ1) is 10.9. The van der Waals surface area contributed by atoms with E-state index in [-0.39, 0.29) is 12.8 Å². The van der Waals surface area contributed by atoms with Crippen molar-refractivity contribution >= 4 is 11.9 Å². The number of carbonyl (C=O) groups excluding carboxylic acids is 1. The zero-order valence-electron chi connectivity index (χ0n) is 7.60. The van der Waals surface area contributed by atoms with E-state index in [1.54, 1.807) is 0 Å². The molecule has 14 heavy (non-hydrogen) atoms. The van der Waals surface area contributed by atoms with E-state index >= 15 is 0 Å². The van der Waals surface area contributed by atoms with Gasteiger partial charge in [-0.2, -0.15) is 4.89 Å². The third kappa shape index (κ3) is 4.20. The average molecular weight is 204 g/mol. The largest absolute Gasteiger partial charge is 0.481 e. The molecule has 1 rings (SSSR count). The van der Waals surface area contributed by atoms with Crippen molar-refractivity contribution in [2.24, 2.45) is 0 Å². The molecule has 1 unspecified atom stereocenters. The van der Waals surface area contributed by atoms with Crippen molar-refractivity contribution in [2.75, 3.05) is 6.61 Å². The van der Waals surface area contributed by atoms with E-state index < -0.39 is 18.2 Å². The second-order valence-corrected chi connectivity index (χ2v) is 2.87. The fourth-order valence-corrected chi connectivity index (χ4v) is 0.974. The molecule has 6 heteroatoms. The van der Waals surface area contributed by atoms with Gasteiger partial charge < -0.3 is 9.84 Å². The van der Waals surface area contributed by atoms with Gasteiger partial charge in [0.05, 0.1) is 19.4 Å². The lowest BCUT2D eigenvalue weighted by Crippen LogP contribution is -2.26. The average Bonchev–Trinajstić information content (AvgIpc) is 2.16. The molecule has 0 aromatic carbocycles. The first-order valence-electron chi connectivity index (χ1n) is 4.38. The van der Waals surface area contributed by atoms with Gasteiger partial charge in [-0.25, -0.2) is 4.89 Å². The highest BCUT2D eigenvalue weighted by molar-refractivity contribution is 5.76. The number of rotatable bonds is 4. The van der Waals surface area contributed by atoms with Gasteiger partial charge in [0, 0.05) is 6.42 Å². The van der Waals surface area contributed by atoms with E-state index in [9.17, 15) is 9.59 Å². The van der Waals surface area contributed by atoms with Crippen LogP contribution in [-0.4, -0.2) is 29.9 Å². The quantitative estimate of drug-likeness (QED) is 0.529. The van der Waals surface area contributed by atoms with Gasteiger partial charge in [0.25, 0.3) is 0 Å². The summed E-state index contributed by atoms with van der Waals surface area (Å²) in [6, 6.07) is 0. The standard InChI is InChI=1S/C8H12O6/c9-6(10)3-4-7(11)13-8-2-1-5-12-14-8/h8H,1-5H2,(H,9,10). The van der Waals surface area contributed by atoms with E-state index in [4.69, 9.17) is 9.84 Å². The van der Waals surface area contributed by atoms with Gasteiger partial charge in [0.15, 0.2) is 0 Å². The molecule has 1 N–H and O–H groups in total. The Morgan fingerprint density at radius 2 is 2.21 bits per heavy atom. The van der Waals surface area contributed by atoms with Crippen LogP contribution in [0.1, 0.15) is 25.7 Å². The van der Waals surface area contributed by atoms with E-state index in [1.165, 1.54) is 0 Å². The summed E-state index contributed by atoms with van der Waals surface area (Å²) in [5.74, 6) is -1.61. The molecular weight excluding hydrogens is 192 g/mol. The van der Waals surface area contributed by atoms with Crippen molar-refractivity contribution in [1.29, 1.82) is 0 Å². The van der Waals surface area contributed by atoms with E-state index in [2.05, 4.69) is 9.78 Å². The number of carboxylic acids is 1. The van der Waals surface area contributed by atoms with Gasteiger partial charge in [0.1, 0.15) is 0 Å². The van der Waals surface area contributed by atoms with Crippen LogP contribution in [0.15, 0.2) is 0 Å². The van der Waals surface area contributed by atoms with Gasteiger partial charge >= 0.3 is 11.9 Å². The summed E-state index contributed by atoms with van der Waals surface area (Å²) in [4.78, 5) is 30.4. The molecular formula is C8H12O6. The summed E-state index contributed by atoms with van der Waals surface area (Å²) in [5.41, 5.74) is 0. The molecule has 0 radical (unpaired) electrons. The first-order chi connectivity index (χ1) is 6.68. The van der Waals surface area contributed by atoms with Crippen LogP contribution < -0.4 is 0 Å². The molecule has 0 aromatic heterocycles. The maximum absolute atomic E-state index is 11.0. The van der Waals surface area contributed by atoms with Gasteiger partial charge in [-0.15, -0.1) is 0 Å². The SMILES string of the molecule is O=C(O)CCC(=O)OC1CCCOO1. The normalized spacial score (nSPS) is 21.6. The minimum absolute atomic E-state index is 0.144. The van der Waals surface area contributed by atoms with Crippen LogP contribution in [0.3, 0.4) is 0 Å². The van der Waals surface area contributed by atoms with Gasteiger partial charge in [-0.05, 0) is 6.42 Å². The Hall–Kier alpha value is -1.14. The maximum Gasteiger partial charge on any atom is 0.308 e. The molecule has 1 fully saturated rings. The van der Waals surface area contributed by atoms with E-state index in [0.717, 1.165) is 6.42 Å². The molecule has 6 nitrogen and oxygen atoms in total. The van der Waals surface area contributed by atoms with Crippen LogP contribution in [0.25, 0.3) is 0 Å². The highest BCUT2D eigenvalue weighted by Gasteiger charge is 2.19. The lowest BCUT2D eigenvalue weighted by Gasteiger charge is -2.20. The summed E-state index contributed by atoms with van der Waals surface area (Å²) in [6.07, 6.45) is 0.280. The van der Waals surface area contributed by atoms with Crippen molar-refractivity contribution in [1.82, 2.24) is 0 Å². The van der Waals surface area contributed by atoms with Crippen LogP contribution in [0.2, 0.25) is 0 Å². The molecule has 0 aromatic rings. The topological polar surface area (TPSA) is 82.1 Å². The Morgan fingerprint density at radius 1 is 1.43 bits per heavy atom. The smallest absolute Gasteiger partial charge is 0.308 e. The summed E-state index contributed by atoms with van der Waals surface area (Å²) < 4.78 is 4.79. The fraction of sp³-hybridized carbons (Fsp3) is 0.750. The fourth-order valence-electron chi connectivity index (χ4n) is 0.974. The number of carboxylic acid groups (broad SMARTS) is 1. The predicted octanol–water partition coefficient (Wildman–Crippen LogP) is 0.462. The molecule has 1 aliphatic heterocycles. The minimum Gasteiger partial charge on any atom is -0.481 e. The van der Waals surface area contributed by atoms with Gasteiger partial charge in [0.2, 0.25) is 6.29 Å². The summed E-state index contributed by atoms with van der Waals surface area (Å²) in [7, 11) is 0. The Kier molecular flexibility index (Phi) is 4.34. The molecule has 1 atom stereocenters. The summed E-state index contributed by atoms with van der Waals surface area (Å²) in [5, 5.41) is 8.30. The van der Waals surface area contributed by atoms with Crippen LogP contribution in [0.5, 0.6) is 0 Å². The molecule has 0 spiro atoms. The number of ether oxygens (including phenoxy) is 1. The number of hydrogen-bond donors (Lipinski definition) is 1. The lowest BCUT2D eigenvalue weighted by molar-refractivity contribution is -0.390. The number of carbonyl (C=O) groups is 2. The monoisotopic (exact) mass is 204 g/mol. The first-order valence-corrected chi connectivity index (χ1v) is 4.38. The molecule has 0 aliphatic carbocycles. The Labute approximate surface area is 80.7 Å². The van der Waals surface area contributed by atoms with Gasteiger partial charge in [-0.1, -0.05) is 0 Å². The Balaban J connectivity index is 2.15. The molecule has 1 saturated heterocycles. The molecule has 0 amide bonds. The lowest BCUT2D eigenvalue weighted by atomic mass is 10.3. The van der Waals surface area contributed by atoms with Crippen molar-refractivity contribution in [2.45, 2.75) is 32.0 Å². The zero-order valence-corrected chi connectivity index (χ0v) is 7.60. The minimum atomic E-state index is -1.03. The second-order valence-electron chi connectivity index (χ2n) is 2.87. The van der Waals surface area contributed by atoms with Crippen LogP contribution in [0, 0.1) is 0 Å². The van der Waals surface area contributed by atoms with E-state index in [0.29, 0.717) is 13.0 Å². The third-order valence-corrected chi connectivity index (χ3v) is 1.65. The van der Waals surface area contributed by atoms with Gasteiger partial charge in [-0.3, -0.25) is 9.59 Å². The molecule has 1 heterocycles. The molecule has 1 aliphatic rings.